The van der Waals surface area contributed by atoms with Crippen LogP contribution in [0.5, 0.6) is 0 Å². The Kier molecular flexibility index (Phi) is 3.25. The van der Waals surface area contributed by atoms with Gasteiger partial charge in [-0.15, -0.1) is 0 Å². The Morgan fingerprint density at radius 3 is 2.31 bits per heavy atom. The Morgan fingerprint density at radius 1 is 1.38 bits per heavy atom. The van der Waals surface area contributed by atoms with Crippen molar-refractivity contribution in [1.29, 1.82) is 0 Å². The molecule has 1 rings (SSSR count). The maximum atomic E-state index is 10.3. The second-order valence-electron chi connectivity index (χ2n) is 2.23. The Morgan fingerprint density at radius 2 is 1.92 bits per heavy atom. The van der Waals surface area contributed by atoms with Crippen LogP contribution < -0.4 is 3.51 Å². The van der Waals surface area contributed by atoms with E-state index in [2.05, 4.69) is 0 Å². The average molecular weight is 290 g/mol. The van der Waals surface area contributed by atoms with Gasteiger partial charge in [-0.1, -0.05) is 0 Å². The Labute approximate surface area is 84.1 Å². The molecule has 0 bridgehead atoms. The third-order valence-electron chi connectivity index (χ3n) is 1.33. The molecule has 0 spiro atoms. The van der Waals surface area contributed by atoms with Gasteiger partial charge in [-0.2, -0.15) is 0 Å². The van der Waals surface area contributed by atoms with Crippen LogP contribution in [0.15, 0.2) is 24.3 Å². The van der Waals surface area contributed by atoms with Gasteiger partial charge in [0, 0.05) is 0 Å². The molecular weight excluding hydrogens is 284 g/mol. The monoisotopic (exact) mass is 289 g/mol. The van der Waals surface area contributed by atoms with Crippen LogP contribution in [0.3, 0.4) is 0 Å². The van der Waals surface area contributed by atoms with E-state index in [0.29, 0.717) is 0 Å². The molecule has 0 fully saturated rings. The van der Waals surface area contributed by atoms with Crippen molar-refractivity contribution in [2.24, 2.45) is 0 Å². The SMILES string of the molecule is O=[C](O)[SbH][c]1ccc([N+](=O)[O-])cc1. The van der Waals surface area contributed by atoms with Gasteiger partial charge in [0.15, 0.2) is 0 Å². The first-order chi connectivity index (χ1) is 6.09. The molecule has 0 aliphatic carbocycles. The fourth-order valence-corrected chi connectivity index (χ4v) is 2.45. The van der Waals surface area contributed by atoms with Crippen LogP contribution in [-0.2, 0) is 0 Å². The quantitative estimate of drug-likeness (QED) is 0.494. The molecule has 0 aromatic heterocycles. The minimum absolute atomic E-state index is 0.00600. The second kappa shape index (κ2) is 4.23. The van der Waals surface area contributed by atoms with Crippen molar-refractivity contribution in [3.05, 3.63) is 34.4 Å². The fourth-order valence-electron chi connectivity index (χ4n) is 0.790. The summed E-state index contributed by atoms with van der Waals surface area (Å²) in [5.74, 6) is 0. The molecule has 1 aromatic carbocycles. The fraction of sp³-hybridized carbons (Fsp3) is 0. The third kappa shape index (κ3) is 3.03. The predicted octanol–water partition coefficient (Wildman–Crippen LogP) is 0.335. The van der Waals surface area contributed by atoms with E-state index in [1.807, 2.05) is 0 Å². The number of hydrogen-bond donors (Lipinski definition) is 1. The van der Waals surface area contributed by atoms with Gasteiger partial charge in [0.1, 0.15) is 0 Å². The molecule has 13 heavy (non-hydrogen) atoms. The van der Waals surface area contributed by atoms with Gasteiger partial charge >= 0.3 is 83.9 Å². The summed E-state index contributed by atoms with van der Waals surface area (Å²) in [5, 5.41) is 18.7. The van der Waals surface area contributed by atoms with Crippen LogP contribution in [-0.4, -0.2) is 35.6 Å². The summed E-state index contributed by atoms with van der Waals surface area (Å²) >= 11 is -1.59. The number of carbonyl (C=O) groups is 1. The standard InChI is InChI=1S/C6H4NO2.CHO2.Sb.H/c8-7(9)6-4-2-1-3-5-6;2-1-3;;/h2-5H;(H,2,3);;. The number of nitrogens with zero attached hydrogens (tertiary/aromatic N) is 1. The number of carboxylic acid groups (broad SMARTS) is 1. The van der Waals surface area contributed by atoms with Gasteiger partial charge in [-0.25, -0.2) is 0 Å². The van der Waals surface area contributed by atoms with E-state index in [-0.39, 0.29) is 5.69 Å². The van der Waals surface area contributed by atoms with Crippen molar-refractivity contribution in [2.75, 3.05) is 0 Å². The average Bonchev–Trinajstić information content (AvgIpc) is 2.04. The summed E-state index contributed by atoms with van der Waals surface area (Å²) in [6.45, 7) is 0. The predicted molar refractivity (Wildman–Crippen MR) is 47.9 cm³/mol. The molecule has 0 saturated heterocycles. The van der Waals surface area contributed by atoms with E-state index in [1.54, 1.807) is 0 Å². The first kappa shape index (κ1) is 9.99. The van der Waals surface area contributed by atoms with Gasteiger partial charge in [-0.05, 0) is 0 Å². The first-order valence-corrected chi connectivity index (χ1v) is 6.19. The van der Waals surface area contributed by atoms with Crippen molar-refractivity contribution >= 4 is 34.7 Å². The molecule has 0 aliphatic heterocycles. The van der Waals surface area contributed by atoms with Gasteiger partial charge in [-0.3, -0.25) is 0 Å². The number of hydrogen-bond acceptors (Lipinski definition) is 3. The van der Waals surface area contributed by atoms with E-state index in [0.717, 1.165) is 3.51 Å². The molecule has 0 radical (unpaired) electrons. The molecule has 0 unspecified atom stereocenters. The normalized spacial score (nSPS) is 9.54. The Bertz CT molecular complexity index is 335. The summed E-state index contributed by atoms with van der Waals surface area (Å²) in [6.07, 6.45) is 0. The first-order valence-electron chi connectivity index (χ1n) is 3.34. The van der Waals surface area contributed by atoms with E-state index >= 15 is 0 Å². The molecular formula is C7H6NO4Sb. The van der Waals surface area contributed by atoms with Crippen molar-refractivity contribution in [3.8, 4) is 0 Å². The topological polar surface area (TPSA) is 80.4 Å². The Balaban J connectivity index is 2.81. The molecule has 1 aromatic rings. The summed E-state index contributed by atoms with van der Waals surface area (Å²) in [5.41, 5.74) is -0.00600. The zero-order valence-corrected chi connectivity index (χ0v) is 9.28. The number of rotatable bonds is 3. The zero-order chi connectivity index (χ0) is 9.84. The van der Waals surface area contributed by atoms with Crippen LogP contribution in [0.1, 0.15) is 0 Å². The maximum absolute atomic E-state index is 10.3. The van der Waals surface area contributed by atoms with E-state index in [1.165, 1.54) is 24.3 Å². The molecule has 68 valence electrons. The van der Waals surface area contributed by atoms with Crippen molar-refractivity contribution in [2.45, 2.75) is 0 Å². The van der Waals surface area contributed by atoms with E-state index in [9.17, 15) is 14.9 Å². The number of benzene rings is 1. The van der Waals surface area contributed by atoms with Crippen LogP contribution in [0.2, 0.25) is 0 Å². The van der Waals surface area contributed by atoms with Crippen LogP contribution in [0.25, 0.3) is 0 Å². The van der Waals surface area contributed by atoms with Gasteiger partial charge in [0.05, 0.1) is 0 Å². The van der Waals surface area contributed by atoms with Crippen LogP contribution in [0, 0.1) is 10.1 Å². The van der Waals surface area contributed by atoms with Crippen LogP contribution in [0.4, 0.5) is 10.5 Å². The van der Waals surface area contributed by atoms with Gasteiger partial charge in [0.2, 0.25) is 0 Å². The summed E-state index contributed by atoms with van der Waals surface area (Å²) in [7, 11) is 0. The van der Waals surface area contributed by atoms with Gasteiger partial charge < -0.3 is 0 Å². The molecule has 0 amide bonds. The summed E-state index contributed by atoms with van der Waals surface area (Å²) < 4.78 is -0.0563. The molecule has 0 aliphatic rings. The molecule has 0 atom stereocenters. The van der Waals surface area contributed by atoms with Gasteiger partial charge in [0.25, 0.3) is 0 Å². The summed E-state index contributed by atoms with van der Waals surface area (Å²) in [6, 6.07) is 5.69. The van der Waals surface area contributed by atoms with Crippen molar-refractivity contribution in [3.63, 3.8) is 0 Å². The molecule has 1 N–H and O–H groups in total. The minimum atomic E-state index is -1.59. The third-order valence-corrected chi connectivity index (χ3v) is 3.72. The number of nitro benzene ring substituents is 1. The van der Waals surface area contributed by atoms with Crippen molar-refractivity contribution in [1.82, 2.24) is 0 Å². The van der Waals surface area contributed by atoms with Crippen molar-refractivity contribution < 1.29 is 14.8 Å². The molecule has 6 heteroatoms. The Hall–Kier alpha value is -1.09. The second-order valence-corrected chi connectivity index (χ2v) is 5.82. The van der Waals surface area contributed by atoms with E-state index < -0.39 is 30.5 Å². The number of non-ortho nitro benzene ring substituents is 1. The molecule has 5 nitrogen and oxygen atoms in total. The zero-order valence-electron chi connectivity index (χ0n) is 6.43. The summed E-state index contributed by atoms with van der Waals surface area (Å²) in [4.78, 5) is 20.1. The number of nitro groups is 1. The van der Waals surface area contributed by atoms with Crippen LogP contribution >= 0.6 is 0 Å². The molecule has 0 heterocycles. The molecule has 0 saturated carbocycles. The van der Waals surface area contributed by atoms with E-state index in [4.69, 9.17) is 5.11 Å².